The van der Waals surface area contributed by atoms with E-state index < -0.39 is 0 Å². The van der Waals surface area contributed by atoms with E-state index in [2.05, 4.69) is 4.98 Å². The summed E-state index contributed by atoms with van der Waals surface area (Å²) in [6.45, 7) is 1.37. The Balaban J connectivity index is 2.15. The molecule has 100 valence electrons. The van der Waals surface area contributed by atoms with Crippen molar-refractivity contribution in [3.8, 4) is 0 Å². The Morgan fingerprint density at radius 3 is 2.89 bits per heavy atom. The molecular formula is C12H17Cl2N3O. The number of carbonyl (C=O) groups excluding carboxylic acids is 1. The highest BCUT2D eigenvalue weighted by molar-refractivity contribution is 6.41. The zero-order valence-corrected chi connectivity index (χ0v) is 11.6. The molecule has 0 saturated carbocycles. The minimum atomic E-state index is -0.0399. The van der Waals surface area contributed by atoms with Crippen LogP contribution in [-0.2, 0) is 0 Å². The number of rotatable bonds is 3. The van der Waals surface area contributed by atoms with Crippen molar-refractivity contribution >= 4 is 29.1 Å². The van der Waals surface area contributed by atoms with Gasteiger partial charge in [0.2, 0.25) is 0 Å². The molecule has 1 aromatic heterocycles. The van der Waals surface area contributed by atoms with Gasteiger partial charge in [-0.15, -0.1) is 0 Å². The lowest BCUT2D eigenvalue weighted by molar-refractivity contribution is 0.0599. The fraction of sp³-hybridized carbons (Fsp3) is 0.583. The molecule has 0 unspecified atom stereocenters. The molecule has 1 aliphatic rings. The highest BCUT2D eigenvalue weighted by Gasteiger charge is 2.28. The molecule has 0 spiro atoms. The highest BCUT2D eigenvalue weighted by Crippen LogP contribution is 2.25. The molecule has 1 amide bonds. The van der Waals surface area contributed by atoms with Crippen LogP contribution in [0.25, 0.3) is 0 Å². The molecule has 0 radical (unpaired) electrons. The van der Waals surface area contributed by atoms with E-state index in [1.807, 2.05) is 4.90 Å². The van der Waals surface area contributed by atoms with Crippen molar-refractivity contribution in [3.05, 3.63) is 21.9 Å². The van der Waals surface area contributed by atoms with Gasteiger partial charge in [0, 0.05) is 12.6 Å². The summed E-state index contributed by atoms with van der Waals surface area (Å²) in [5.74, 6) is -0.0399. The largest absolute Gasteiger partial charge is 0.340 e. The van der Waals surface area contributed by atoms with Crippen LogP contribution in [0.3, 0.4) is 0 Å². The average Bonchev–Trinajstić information content (AvgIpc) is 2.70. The molecule has 6 heteroatoms. The van der Waals surface area contributed by atoms with Gasteiger partial charge in [-0.25, -0.2) is 0 Å². The fourth-order valence-corrected chi connectivity index (χ4v) is 2.75. The summed E-state index contributed by atoms with van der Waals surface area (Å²) in [7, 11) is 0. The number of nitrogens with one attached hydrogen (secondary N) is 1. The number of aromatic amines is 1. The van der Waals surface area contributed by atoms with Crippen molar-refractivity contribution in [1.82, 2.24) is 9.88 Å². The second-order valence-electron chi connectivity index (χ2n) is 4.57. The average molecular weight is 290 g/mol. The Labute approximate surface area is 116 Å². The second-order valence-corrected chi connectivity index (χ2v) is 5.36. The van der Waals surface area contributed by atoms with Crippen LogP contribution >= 0.6 is 23.2 Å². The molecule has 4 nitrogen and oxygen atoms in total. The Hall–Kier alpha value is -0.710. The van der Waals surface area contributed by atoms with Crippen molar-refractivity contribution in [2.24, 2.45) is 5.73 Å². The number of hydrogen-bond donors (Lipinski definition) is 2. The first-order valence-corrected chi connectivity index (χ1v) is 6.94. The van der Waals surface area contributed by atoms with Crippen LogP contribution in [0.2, 0.25) is 10.2 Å². The third-order valence-corrected chi connectivity index (χ3v) is 4.04. The third-order valence-electron chi connectivity index (χ3n) is 3.34. The van der Waals surface area contributed by atoms with Crippen molar-refractivity contribution in [3.63, 3.8) is 0 Å². The fourth-order valence-electron chi connectivity index (χ4n) is 2.43. The van der Waals surface area contributed by atoms with E-state index in [-0.39, 0.29) is 11.9 Å². The maximum absolute atomic E-state index is 12.4. The Bertz CT molecular complexity index is 411. The summed E-state index contributed by atoms with van der Waals surface area (Å²) in [6, 6.07) is 1.82. The normalized spacial score (nSPS) is 20.2. The smallest absolute Gasteiger partial charge is 0.270 e. The predicted molar refractivity (Wildman–Crippen MR) is 73.2 cm³/mol. The summed E-state index contributed by atoms with van der Waals surface area (Å²) >= 11 is 11.7. The van der Waals surface area contributed by atoms with E-state index in [1.165, 1.54) is 0 Å². The van der Waals surface area contributed by atoms with Crippen LogP contribution in [0.4, 0.5) is 0 Å². The predicted octanol–water partition coefficient (Wildman–Crippen LogP) is 2.67. The number of piperidine rings is 1. The summed E-state index contributed by atoms with van der Waals surface area (Å²) in [5, 5.41) is 0.694. The Morgan fingerprint density at radius 1 is 1.50 bits per heavy atom. The van der Waals surface area contributed by atoms with Crippen LogP contribution in [0, 0.1) is 0 Å². The molecule has 2 heterocycles. The molecular weight excluding hydrogens is 273 g/mol. The SMILES string of the molecule is NCC[C@@H]1CCCCN1C(=O)c1cc(Cl)c(Cl)[nH]1. The topological polar surface area (TPSA) is 62.1 Å². The molecule has 0 bridgehead atoms. The first kappa shape index (κ1) is 13.7. The van der Waals surface area contributed by atoms with Gasteiger partial charge in [0.15, 0.2) is 0 Å². The number of halogens is 2. The number of nitrogens with zero attached hydrogens (tertiary/aromatic N) is 1. The molecule has 1 aliphatic heterocycles. The van der Waals surface area contributed by atoms with Gasteiger partial charge in [-0.05, 0) is 38.3 Å². The van der Waals surface area contributed by atoms with Gasteiger partial charge in [-0.1, -0.05) is 23.2 Å². The van der Waals surface area contributed by atoms with E-state index in [4.69, 9.17) is 28.9 Å². The van der Waals surface area contributed by atoms with Gasteiger partial charge < -0.3 is 15.6 Å². The van der Waals surface area contributed by atoms with E-state index in [1.54, 1.807) is 6.07 Å². The van der Waals surface area contributed by atoms with Crippen molar-refractivity contribution in [1.29, 1.82) is 0 Å². The first-order chi connectivity index (χ1) is 8.63. The number of aromatic nitrogens is 1. The zero-order valence-electron chi connectivity index (χ0n) is 10.1. The van der Waals surface area contributed by atoms with Gasteiger partial charge in [-0.2, -0.15) is 0 Å². The van der Waals surface area contributed by atoms with Crippen molar-refractivity contribution in [2.75, 3.05) is 13.1 Å². The maximum atomic E-state index is 12.4. The lowest BCUT2D eigenvalue weighted by atomic mass is 9.99. The second kappa shape index (κ2) is 5.95. The summed E-state index contributed by atoms with van der Waals surface area (Å²) in [4.78, 5) is 17.1. The van der Waals surface area contributed by atoms with E-state index >= 15 is 0 Å². The van der Waals surface area contributed by atoms with Crippen LogP contribution in [-0.4, -0.2) is 34.9 Å². The van der Waals surface area contributed by atoms with E-state index in [0.717, 1.165) is 32.2 Å². The molecule has 2 rings (SSSR count). The highest BCUT2D eigenvalue weighted by atomic mass is 35.5. The number of carbonyl (C=O) groups is 1. The summed E-state index contributed by atoms with van der Waals surface area (Å²) in [5.41, 5.74) is 6.05. The van der Waals surface area contributed by atoms with Crippen LogP contribution in [0.15, 0.2) is 6.07 Å². The lowest BCUT2D eigenvalue weighted by Gasteiger charge is -2.35. The monoisotopic (exact) mass is 289 g/mol. The molecule has 1 saturated heterocycles. The number of likely N-dealkylation sites (tertiary alicyclic amines) is 1. The maximum Gasteiger partial charge on any atom is 0.270 e. The minimum Gasteiger partial charge on any atom is -0.340 e. The summed E-state index contributed by atoms with van der Waals surface area (Å²) in [6.07, 6.45) is 4.05. The van der Waals surface area contributed by atoms with Crippen LogP contribution in [0.1, 0.15) is 36.2 Å². The van der Waals surface area contributed by atoms with Crippen molar-refractivity contribution in [2.45, 2.75) is 31.7 Å². The van der Waals surface area contributed by atoms with E-state index in [0.29, 0.717) is 22.4 Å². The van der Waals surface area contributed by atoms with Crippen LogP contribution in [0.5, 0.6) is 0 Å². The molecule has 18 heavy (non-hydrogen) atoms. The molecule has 1 fully saturated rings. The quantitative estimate of drug-likeness (QED) is 0.899. The van der Waals surface area contributed by atoms with Gasteiger partial charge in [0.05, 0.1) is 5.02 Å². The molecule has 3 N–H and O–H groups in total. The standard InChI is InChI=1S/C12H17Cl2N3O/c13-9-7-10(16-11(9)14)12(18)17-6-2-1-3-8(17)4-5-15/h7-8,16H,1-6,15H2/t8-/m0/s1. The van der Waals surface area contributed by atoms with Gasteiger partial charge >= 0.3 is 0 Å². The van der Waals surface area contributed by atoms with Gasteiger partial charge in [0.25, 0.3) is 5.91 Å². The summed E-state index contributed by atoms with van der Waals surface area (Å²) < 4.78 is 0. The van der Waals surface area contributed by atoms with Crippen molar-refractivity contribution < 1.29 is 4.79 Å². The number of amides is 1. The zero-order chi connectivity index (χ0) is 13.1. The third kappa shape index (κ3) is 2.82. The molecule has 1 aromatic rings. The first-order valence-electron chi connectivity index (χ1n) is 6.18. The minimum absolute atomic E-state index is 0.0399. The van der Waals surface area contributed by atoms with Gasteiger partial charge in [0.1, 0.15) is 10.8 Å². The molecule has 0 aromatic carbocycles. The van der Waals surface area contributed by atoms with Gasteiger partial charge in [-0.3, -0.25) is 4.79 Å². The Kier molecular flexibility index (Phi) is 4.54. The lowest BCUT2D eigenvalue weighted by Crippen LogP contribution is -2.44. The van der Waals surface area contributed by atoms with E-state index in [9.17, 15) is 4.79 Å². The number of nitrogens with two attached hydrogens (primary N) is 1. The molecule has 1 atom stereocenters. The molecule has 0 aliphatic carbocycles. The Morgan fingerprint density at radius 2 is 2.28 bits per heavy atom. The van der Waals surface area contributed by atoms with Crippen LogP contribution < -0.4 is 5.73 Å². The number of H-pyrrole nitrogens is 1. The number of hydrogen-bond acceptors (Lipinski definition) is 2.